The van der Waals surface area contributed by atoms with Crippen LogP contribution < -0.4 is 0 Å². The maximum absolute atomic E-state index is 11.8. The number of aryl methyl sites for hydroxylation is 1. The lowest BCUT2D eigenvalue weighted by Gasteiger charge is -2.37. The first-order chi connectivity index (χ1) is 19.6. The first-order valence-corrected chi connectivity index (χ1v) is 17.8. The molecule has 41 heavy (non-hydrogen) atoms. The molecule has 2 fully saturated rings. The van der Waals surface area contributed by atoms with Gasteiger partial charge in [0.15, 0.2) is 14.7 Å². The predicted molar refractivity (Wildman–Crippen MR) is 167 cm³/mol. The second-order valence-electron chi connectivity index (χ2n) is 12.1. The summed E-state index contributed by atoms with van der Waals surface area (Å²) in [6, 6.07) is 31.1. The van der Waals surface area contributed by atoms with Gasteiger partial charge in [-0.25, -0.2) is 8.42 Å². The fourth-order valence-corrected chi connectivity index (χ4v) is 10.0. The number of fused-ring (bicyclic) bond motifs is 2. The lowest BCUT2D eigenvalue weighted by Crippen LogP contribution is -2.42. The summed E-state index contributed by atoms with van der Waals surface area (Å²) in [6.45, 7) is 6.11. The van der Waals surface area contributed by atoms with Crippen LogP contribution in [0.15, 0.2) is 99.6 Å². The quantitative estimate of drug-likeness (QED) is 0.128. The molecule has 0 aliphatic heterocycles. The minimum Gasteiger partial charge on any atom is -0.748 e. The van der Waals surface area contributed by atoms with Crippen LogP contribution in [0.2, 0.25) is 0 Å². The van der Waals surface area contributed by atoms with Crippen molar-refractivity contribution in [1.82, 2.24) is 0 Å². The van der Waals surface area contributed by atoms with Gasteiger partial charge in [0.05, 0.1) is 26.8 Å². The third kappa shape index (κ3) is 7.52. The highest BCUT2D eigenvalue weighted by Crippen LogP contribution is 2.64. The van der Waals surface area contributed by atoms with E-state index in [1.54, 1.807) is 0 Å². The maximum Gasteiger partial charge on any atom is 0.166 e. The van der Waals surface area contributed by atoms with Crippen LogP contribution in [0.1, 0.15) is 77.7 Å². The van der Waals surface area contributed by atoms with E-state index in [0.717, 1.165) is 6.42 Å². The fourth-order valence-electron chi connectivity index (χ4n) is 6.66. The predicted octanol–water partition coefficient (Wildman–Crippen LogP) is 8.22. The van der Waals surface area contributed by atoms with Crippen LogP contribution >= 0.6 is 0 Å². The van der Waals surface area contributed by atoms with E-state index < -0.39 is 21.3 Å². The summed E-state index contributed by atoms with van der Waals surface area (Å²) in [7, 11) is -4.36. The van der Waals surface area contributed by atoms with Crippen LogP contribution in [0.25, 0.3) is 0 Å². The van der Waals surface area contributed by atoms with E-state index in [4.69, 9.17) is 0 Å². The number of carbonyl (C=O) groups excluding carboxylic acids is 1. The fraction of sp³-hybridized carbons (Fsp3) is 0.457. The molecule has 2 saturated carbocycles. The average Bonchev–Trinajstić information content (AvgIpc) is 3.29. The van der Waals surface area contributed by atoms with Crippen molar-refractivity contribution < 1.29 is 17.8 Å². The molecule has 0 radical (unpaired) electrons. The van der Waals surface area contributed by atoms with E-state index in [1.807, 2.05) is 13.8 Å². The largest absolute Gasteiger partial charge is 0.748 e. The summed E-state index contributed by atoms with van der Waals surface area (Å²) in [5.41, 5.74) is 0.245. The molecule has 0 N–H and O–H groups in total. The average molecular weight is 593 g/mol. The van der Waals surface area contributed by atoms with Gasteiger partial charge in [0.1, 0.15) is 5.78 Å². The van der Waals surface area contributed by atoms with E-state index in [-0.39, 0.29) is 28.0 Å². The van der Waals surface area contributed by atoms with E-state index in [1.165, 1.54) is 58.8 Å². The van der Waals surface area contributed by atoms with Gasteiger partial charge >= 0.3 is 0 Å². The van der Waals surface area contributed by atoms with Crippen molar-refractivity contribution in [1.29, 1.82) is 0 Å². The van der Waals surface area contributed by atoms with E-state index in [2.05, 4.69) is 91.9 Å². The number of rotatable bonds is 11. The number of benzene rings is 3. The summed E-state index contributed by atoms with van der Waals surface area (Å²) >= 11 is 0. The Morgan fingerprint density at radius 1 is 0.805 bits per heavy atom. The molecular formula is C35H44O4S2. The van der Waals surface area contributed by atoms with Gasteiger partial charge in [-0.2, -0.15) is 0 Å². The second-order valence-corrected chi connectivity index (χ2v) is 15.5. The van der Waals surface area contributed by atoms with Crippen molar-refractivity contribution >= 4 is 26.8 Å². The zero-order valence-corrected chi connectivity index (χ0v) is 26.3. The molecule has 0 amide bonds. The molecule has 2 unspecified atom stereocenters. The van der Waals surface area contributed by atoms with Gasteiger partial charge in [0.2, 0.25) is 0 Å². The Labute approximate surface area is 250 Å². The van der Waals surface area contributed by atoms with Gasteiger partial charge in [-0.3, -0.25) is 4.79 Å². The lowest BCUT2D eigenvalue weighted by atomic mass is 9.70. The number of ketones is 1. The molecule has 3 aromatic carbocycles. The van der Waals surface area contributed by atoms with E-state index in [0.29, 0.717) is 12.8 Å². The lowest BCUT2D eigenvalue weighted by molar-refractivity contribution is -0.128. The molecule has 2 aliphatic rings. The number of carbonyl (C=O) groups is 1. The van der Waals surface area contributed by atoms with Crippen LogP contribution in [0, 0.1) is 16.7 Å². The molecular weight excluding hydrogens is 549 g/mol. The summed E-state index contributed by atoms with van der Waals surface area (Å²) in [5, 5.41) is 0. The Bertz CT molecular complexity index is 1330. The molecule has 0 heterocycles. The van der Waals surface area contributed by atoms with Crippen molar-refractivity contribution in [3.63, 3.8) is 0 Å². The molecule has 220 valence electrons. The summed E-state index contributed by atoms with van der Waals surface area (Å²) < 4.78 is 32.7. The zero-order valence-electron chi connectivity index (χ0n) is 24.7. The van der Waals surface area contributed by atoms with Crippen LogP contribution in [0.3, 0.4) is 0 Å². The Hall–Kier alpha value is -2.41. The van der Waals surface area contributed by atoms with E-state index in [9.17, 15) is 17.8 Å². The van der Waals surface area contributed by atoms with Crippen LogP contribution in [0.4, 0.5) is 0 Å². The van der Waals surface area contributed by atoms with Crippen molar-refractivity contribution in [3.05, 3.63) is 90.5 Å². The monoisotopic (exact) mass is 592 g/mol. The molecule has 0 saturated heterocycles. The number of hydrogen-bond donors (Lipinski definition) is 0. The van der Waals surface area contributed by atoms with Gasteiger partial charge < -0.3 is 4.55 Å². The summed E-state index contributed by atoms with van der Waals surface area (Å²) in [6.07, 6.45) is 9.80. The van der Waals surface area contributed by atoms with Crippen LogP contribution in [-0.4, -0.2) is 24.5 Å². The van der Waals surface area contributed by atoms with Gasteiger partial charge in [-0.1, -0.05) is 95.0 Å². The van der Waals surface area contributed by atoms with Gasteiger partial charge in [-0.05, 0) is 79.0 Å². The minimum atomic E-state index is -4.33. The normalized spacial score (nSPS) is 21.1. The van der Waals surface area contributed by atoms with Gasteiger partial charge in [0, 0.05) is 11.8 Å². The highest BCUT2D eigenvalue weighted by Gasteiger charge is 2.64. The number of hydrogen-bond acceptors (Lipinski definition) is 4. The first kappa shape index (κ1) is 31.5. The molecule has 5 rings (SSSR count). The van der Waals surface area contributed by atoms with Gasteiger partial charge in [0.25, 0.3) is 0 Å². The third-order valence-corrected chi connectivity index (χ3v) is 12.3. The molecule has 2 atom stereocenters. The zero-order chi connectivity index (χ0) is 29.5. The third-order valence-electron chi connectivity index (χ3n) is 9.25. The second kappa shape index (κ2) is 13.7. The van der Waals surface area contributed by atoms with E-state index >= 15 is 0 Å². The molecule has 0 aromatic heterocycles. The van der Waals surface area contributed by atoms with Gasteiger partial charge in [-0.15, -0.1) is 0 Å². The van der Waals surface area contributed by atoms with Crippen molar-refractivity contribution in [2.75, 3.05) is 5.75 Å². The Balaban J connectivity index is 0.000000218. The van der Waals surface area contributed by atoms with Crippen molar-refractivity contribution in [2.24, 2.45) is 16.7 Å². The molecule has 3 aromatic rings. The standard InChI is InChI=1S/C25H29S.C10H16O4S/c1-2-3-4-5-8-13-22-18-20-25(21-19-22)26(23-14-9-6-10-15-23)24-16-11-7-12-17-24;1-9(2)7-3-4-10(9,8(11)5-7)6-15(12,13)14/h6-7,9-12,14-21H,2-5,8,13H2,1H3;7H,3-6H2,1-2H3,(H,12,13,14)/q+1;/p-1. The summed E-state index contributed by atoms with van der Waals surface area (Å²) in [5.74, 6) is -0.280. The Kier molecular flexibility index (Phi) is 10.5. The number of unbranched alkanes of at least 4 members (excludes halogenated alkanes) is 4. The Morgan fingerprint density at radius 2 is 1.34 bits per heavy atom. The molecule has 2 aliphatic carbocycles. The topological polar surface area (TPSA) is 74.3 Å². The number of Topliss-reactive ketones (excluding diaryl/α,β-unsaturated/α-hetero) is 1. The minimum absolute atomic E-state index is 0.0248. The smallest absolute Gasteiger partial charge is 0.166 e. The summed E-state index contributed by atoms with van der Waals surface area (Å²) in [4.78, 5) is 16.0. The Morgan fingerprint density at radius 3 is 1.80 bits per heavy atom. The molecule has 2 bridgehead atoms. The highest BCUT2D eigenvalue weighted by atomic mass is 32.2. The van der Waals surface area contributed by atoms with Crippen LogP contribution in [0.5, 0.6) is 0 Å². The van der Waals surface area contributed by atoms with Crippen molar-refractivity contribution in [2.45, 2.75) is 93.2 Å². The van der Waals surface area contributed by atoms with Crippen LogP contribution in [-0.2, 0) is 32.2 Å². The molecule has 6 heteroatoms. The molecule has 4 nitrogen and oxygen atoms in total. The SMILES string of the molecule is CC1(C)C2CCC1(CS(=O)(=O)[O-])C(=O)C2.CCCCCCCc1ccc([S+](c2ccccc2)c2ccccc2)cc1. The maximum atomic E-state index is 11.8. The highest BCUT2D eigenvalue weighted by molar-refractivity contribution is 7.97. The molecule has 0 spiro atoms. The first-order valence-electron chi connectivity index (χ1n) is 15.0. The van der Waals surface area contributed by atoms with Crippen molar-refractivity contribution in [3.8, 4) is 0 Å².